The Balaban J connectivity index is 1.53. The van der Waals surface area contributed by atoms with Crippen LogP contribution in [0, 0.1) is 5.82 Å². The van der Waals surface area contributed by atoms with Crippen LogP contribution in [-0.4, -0.2) is 52.0 Å². The molecule has 1 heterocycles. The van der Waals surface area contributed by atoms with Crippen LogP contribution in [0.3, 0.4) is 0 Å². The number of nitrogens with zero attached hydrogens (tertiary/aromatic N) is 1. The minimum absolute atomic E-state index is 0.00381. The van der Waals surface area contributed by atoms with Crippen LogP contribution in [0.2, 0.25) is 5.02 Å². The van der Waals surface area contributed by atoms with Gasteiger partial charge in [-0.05, 0) is 56.3 Å². The first kappa shape index (κ1) is 23.3. The number of anilines is 2. The van der Waals surface area contributed by atoms with Crippen LogP contribution in [0.1, 0.15) is 13.8 Å². The highest BCUT2D eigenvalue weighted by Gasteiger charge is 2.24. The number of hydrogen-bond acceptors (Lipinski definition) is 5. The average Bonchev–Trinajstić information content (AvgIpc) is 2.67. The van der Waals surface area contributed by atoms with Crippen molar-refractivity contribution in [2.75, 3.05) is 35.6 Å². The largest absolute Gasteiger partial charge is 0.372 e. The van der Waals surface area contributed by atoms with E-state index in [2.05, 4.69) is 10.6 Å². The third-order valence-electron chi connectivity index (χ3n) is 4.79. The number of sulfone groups is 1. The second-order valence-electron chi connectivity index (χ2n) is 7.48. The molecule has 31 heavy (non-hydrogen) atoms. The van der Waals surface area contributed by atoms with Gasteiger partial charge in [0.2, 0.25) is 0 Å². The molecule has 1 saturated heterocycles. The normalized spacial score (nSPS) is 19.2. The molecule has 10 heteroatoms. The Morgan fingerprint density at radius 1 is 1.16 bits per heavy atom. The number of carbonyl (C=O) groups excluding carboxylic acids is 1. The molecule has 0 spiro atoms. The van der Waals surface area contributed by atoms with Crippen molar-refractivity contribution in [3.63, 3.8) is 0 Å². The quantitative estimate of drug-likeness (QED) is 0.673. The van der Waals surface area contributed by atoms with Crippen LogP contribution in [-0.2, 0) is 14.6 Å². The van der Waals surface area contributed by atoms with E-state index in [1.54, 1.807) is 12.1 Å². The van der Waals surface area contributed by atoms with Crippen molar-refractivity contribution in [1.82, 2.24) is 5.32 Å². The summed E-state index contributed by atoms with van der Waals surface area (Å²) in [4.78, 5) is 14.1. The molecular formula is C21H25ClFN3O4S. The lowest BCUT2D eigenvalue weighted by Crippen LogP contribution is -2.45. The lowest BCUT2D eigenvalue weighted by atomic mass is 10.2. The summed E-state index contributed by atoms with van der Waals surface area (Å²) < 4.78 is 44.9. The highest BCUT2D eigenvalue weighted by molar-refractivity contribution is 7.91. The molecule has 3 rings (SSSR count). The van der Waals surface area contributed by atoms with Crippen LogP contribution in [0.5, 0.6) is 0 Å². The van der Waals surface area contributed by atoms with Crippen molar-refractivity contribution < 1.29 is 22.3 Å². The molecule has 168 valence electrons. The van der Waals surface area contributed by atoms with Crippen molar-refractivity contribution in [2.45, 2.75) is 31.0 Å². The van der Waals surface area contributed by atoms with E-state index >= 15 is 0 Å². The second-order valence-corrected chi connectivity index (χ2v) is 10.0. The number of urea groups is 1. The fourth-order valence-corrected chi connectivity index (χ4v) is 4.73. The van der Waals surface area contributed by atoms with Crippen molar-refractivity contribution >= 4 is 38.8 Å². The number of ether oxygens (including phenoxy) is 1. The summed E-state index contributed by atoms with van der Waals surface area (Å²) in [6, 6.07) is 9.65. The van der Waals surface area contributed by atoms with Gasteiger partial charge in [-0.1, -0.05) is 11.6 Å². The predicted molar refractivity (Wildman–Crippen MR) is 119 cm³/mol. The number of nitrogens with one attached hydrogen (secondary N) is 2. The summed E-state index contributed by atoms with van der Waals surface area (Å²) in [5.74, 6) is -0.729. The molecule has 0 saturated carbocycles. The van der Waals surface area contributed by atoms with E-state index in [0.29, 0.717) is 23.8 Å². The number of amides is 2. The van der Waals surface area contributed by atoms with Crippen molar-refractivity contribution in [1.29, 1.82) is 0 Å². The third-order valence-corrected chi connectivity index (χ3v) is 6.78. The van der Waals surface area contributed by atoms with Gasteiger partial charge in [-0.25, -0.2) is 17.6 Å². The lowest BCUT2D eigenvalue weighted by molar-refractivity contribution is -0.00539. The Morgan fingerprint density at radius 3 is 2.42 bits per heavy atom. The van der Waals surface area contributed by atoms with E-state index in [0.717, 1.165) is 0 Å². The number of hydrogen-bond donors (Lipinski definition) is 2. The van der Waals surface area contributed by atoms with Gasteiger partial charge in [0.15, 0.2) is 9.84 Å². The van der Waals surface area contributed by atoms with E-state index in [-0.39, 0.29) is 35.1 Å². The van der Waals surface area contributed by atoms with Gasteiger partial charge >= 0.3 is 6.03 Å². The first-order chi connectivity index (χ1) is 14.6. The lowest BCUT2D eigenvalue weighted by Gasteiger charge is -2.37. The van der Waals surface area contributed by atoms with Crippen LogP contribution in [0.15, 0.2) is 47.4 Å². The summed E-state index contributed by atoms with van der Waals surface area (Å²) in [6.07, 6.45) is -0.00763. The molecule has 1 aliphatic rings. The van der Waals surface area contributed by atoms with Gasteiger partial charge in [-0.3, -0.25) is 0 Å². The Hall–Kier alpha value is -2.36. The topological polar surface area (TPSA) is 87.7 Å². The van der Waals surface area contributed by atoms with Gasteiger partial charge < -0.3 is 20.3 Å². The minimum Gasteiger partial charge on any atom is -0.372 e. The summed E-state index contributed by atoms with van der Waals surface area (Å²) >= 11 is 5.77. The van der Waals surface area contributed by atoms with E-state index in [9.17, 15) is 17.6 Å². The maximum atomic E-state index is 14.6. The van der Waals surface area contributed by atoms with Gasteiger partial charge in [-0.2, -0.15) is 0 Å². The molecule has 2 amide bonds. The third kappa shape index (κ3) is 6.32. The Morgan fingerprint density at radius 2 is 1.81 bits per heavy atom. The zero-order chi connectivity index (χ0) is 22.6. The molecule has 1 aliphatic heterocycles. The summed E-state index contributed by atoms with van der Waals surface area (Å²) in [5.41, 5.74) is 0.718. The van der Waals surface area contributed by atoms with Crippen LogP contribution in [0.4, 0.5) is 20.6 Å². The van der Waals surface area contributed by atoms with Crippen molar-refractivity contribution in [2.24, 2.45) is 0 Å². The summed E-state index contributed by atoms with van der Waals surface area (Å²) in [5, 5.41) is 5.43. The standard InChI is InChI=1S/C21H25ClFN3O4S/c1-14-12-26(13-15(2)30-14)20-8-5-17(11-19(20)23)25-21(27)24-9-10-31(28,29)18-6-3-16(22)4-7-18/h3-8,11,14-15H,9-10,12-13H2,1-2H3,(H2,24,25,27). The fourth-order valence-electron chi connectivity index (χ4n) is 3.45. The molecule has 2 N–H and O–H groups in total. The molecule has 2 aromatic carbocycles. The molecule has 7 nitrogen and oxygen atoms in total. The smallest absolute Gasteiger partial charge is 0.319 e. The summed E-state index contributed by atoms with van der Waals surface area (Å²) in [7, 11) is -3.56. The van der Waals surface area contributed by atoms with Gasteiger partial charge in [0.1, 0.15) is 5.82 Å². The first-order valence-corrected chi connectivity index (χ1v) is 11.9. The van der Waals surface area contributed by atoms with Crippen molar-refractivity contribution in [3.05, 3.63) is 53.3 Å². The average molecular weight is 470 g/mol. The highest BCUT2D eigenvalue weighted by atomic mass is 35.5. The van der Waals surface area contributed by atoms with Gasteiger partial charge in [-0.15, -0.1) is 0 Å². The molecule has 2 unspecified atom stereocenters. The number of rotatable bonds is 6. The Kier molecular flexibility index (Phi) is 7.40. The fraction of sp³-hybridized carbons (Fsp3) is 0.381. The molecular weight excluding hydrogens is 445 g/mol. The van der Waals surface area contributed by atoms with E-state index in [4.69, 9.17) is 16.3 Å². The predicted octanol–water partition coefficient (Wildman–Crippen LogP) is 3.69. The Bertz CT molecular complexity index is 1020. The van der Waals surface area contributed by atoms with Crippen LogP contribution >= 0.6 is 11.6 Å². The minimum atomic E-state index is -3.56. The molecule has 2 atom stereocenters. The van der Waals surface area contributed by atoms with E-state index in [1.165, 1.54) is 30.3 Å². The summed E-state index contributed by atoms with van der Waals surface area (Å²) in [6.45, 7) is 4.94. The molecule has 0 aliphatic carbocycles. The maximum absolute atomic E-state index is 14.6. The van der Waals surface area contributed by atoms with E-state index < -0.39 is 21.7 Å². The first-order valence-electron chi connectivity index (χ1n) is 9.87. The van der Waals surface area contributed by atoms with Gasteiger partial charge in [0.05, 0.1) is 28.5 Å². The van der Waals surface area contributed by atoms with Crippen molar-refractivity contribution in [3.8, 4) is 0 Å². The zero-order valence-electron chi connectivity index (χ0n) is 17.3. The number of benzene rings is 2. The van der Waals surface area contributed by atoms with Gasteiger partial charge in [0.25, 0.3) is 0 Å². The monoisotopic (exact) mass is 469 g/mol. The zero-order valence-corrected chi connectivity index (χ0v) is 18.8. The molecule has 0 radical (unpaired) electrons. The highest BCUT2D eigenvalue weighted by Crippen LogP contribution is 2.26. The molecule has 2 aromatic rings. The van der Waals surface area contributed by atoms with Crippen LogP contribution in [0.25, 0.3) is 0 Å². The Labute approximate surface area is 186 Å². The number of carbonyl (C=O) groups is 1. The molecule has 0 bridgehead atoms. The molecule has 1 fully saturated rings. The van der Waals surface area contributed by atoms with Crippen LogP contribution < -0.4 is 15.5 Å². The maximum Gasteiger partial charge on any atom is 0.319 e. The SMILES string of the molecule is CC1CN(c2ccc(NC(=O)NCCS(=O)(=O)c3ccc(Cl)cc3)cc2F)CC(C)O1. The second kappa shape index (κ2) is 9.84. The number of morpholine rings is 1. The number of halogens is 2. The van der Waals surface area contributed by atoms with Gasteiger partial charge in [0, 0.05) is 30.3 Å². The molecule has 0 aromatic heterocycles. The van der Waals surface area contributed by atoms with E-state index in [1.807, 2.05) is 18.7 Å².